The molecule has 6 heteroatoms. The number of halogens is 1. The van der Waals surface area contributed by atoms with E-state index >= 15 is 0 Å². The molecule has 20 heavy (non-hydrogen) atoms. The van der Waals surface area contributed by atoms with E-state index < -0.39 is 0 Å². The molecular weight excluding hydrogens is 294 g/mol. The average Bonchev–Trinajstić information content (AvgIpc) is 2.87. The summed E-state index contributed by atoms with van der Waals surface area (Å²) in [6, 6.07) is 7.81. The SMILES string of the molecule is NC1(c2noc(CCSc3ccccc3Cl)n2)CCC1. The predicted octanol–water partition coefficient (Wildman–Crippen LogP) is 3.40. The fraction of sp³-hybridized carbons (Fsp3) is 0.429. The van der Waals surface area contributed by atoms with Crippen molar-refractivity contribution in [2.45, 2.75) is 36.1 Å². The molecule has 1 saturated carbocycles. The van der Waals surface area contributed by atoms with Crippen LogP contribution >= 0.6 is 23.4 Å². The summed E-state index contributed by atoms with van der Waals surface area (Å²) in [6.45, 7) is 0. The van der Waals surface area contributed by atoms with Crippen LogP contribution < -0.4 is 5.73 Å². The fourth-order valence-corrected chi connectivity index (χ4v) is 3.33. The number of nitrogens with two attached hydrogens (primary N) is 1. The quantitative estimate of drug-likeness (QED) is 0.858. The molecule has 0 saturated heterocycles. The summed E-state index contributed by atoms with van der Waals surface area (Å²) in [5.74, 6) is 2.15. The number of rotatable bonds is 5. The molecule has 0 amide bonds. The molecule has 1 aromatic carbocycles. The highest BCUT2D eigenvalue weighted by molar-refractivity contribution is 7.99. The molecule has 1 fully saturated rings. The highest BCUT2D eigenvalue weighted by atomic mass is 35.5. The van der Waals surface area contributed by atoms with Gasteiger partial charge in [0.25, 0.3) is 0 Å². The van der Waals surface area contributed by atoms with Gasteiger partial charge in [0.05, 0.1) is 10.6 Å². The minimum absolute atomic E-state index is 0.350. The van der Waals surface area contributed by atoms with Gasteiger partial charge in [0.15, 0.2) is 5.82 Å². The third-order valence-electron chi connectivity index (χ3n) is 3.57. The van der Waals surface area contributed by atoms with E-state index in [1.54, 1.807) is 11.8 Å². The first-order valence-corrected chi connectivity index (χ1v) is 8.03. The Bertz CT molecular complexity index is 598. The Balaban J connectivity index is 1.55. The lowest BCUT2D eigenvalue weighted by Gasteiger charge is -2.34. The molecule has 0 aliphatic heterocycles. The zero-order valence-electron chi connectivity index (χ0n) is 11.0. The second-order valence-electron chi connectivity index (χ2n) is 5.05. The van der Waals surface area contributed by atoms with E-state index in [0.29, 0.717) is 11.7 Å². The van der Waals surface area contributed by atoms with Crippen LogP contribution in [0.5, 0.6) is 0 Å². The van der Waals surface area contributed by atoms with Gasteiger partial charge in [0, 0.05) is 17.1 Å². The monoisotopic (exact) mass is 309 g/mol. The Hall–Kier alpha value is -1.04. The lowest BCUT2D eigenvalue weighted by atomic mass is 9.77. The Kier molecular flexibility index (Phi) is 4.01. The summed E-state index contributed by atoms with van der Waals surface area (Å²) in [6.07, 6.45) is 3.75. The van der Waals surface area contributed by atoms with E-state index in [2.05, 4.69) is 10.1 Å². The first-order valence-electron chi connectivity index (χ1n) is 6.67. The van der Waals surface area contributed by atoms with Crippen LogP contribution in [0.3, 0.4) is 0 Å². The summed E-state index contributed by atoms with van der Waals surface area (Å²) in [5, 5.41) is 4.78. The van der Waals surface area contributed by atoms with Crippen LogP contribution in [0.4, 0.5) is 0 Å². The van der Waals surface area contributed by atoms with Crippen molar-refractivity contribution in [1.82, 2.24) is 10.1 Å². The zero-order valence-corrected chi connectivity index (χ0v) is 12.6. The van der Waals surface area contributed by atoms with Crippen LogP contribution in [0.25, 0.3) is 0 Å². The summed E-state index contributed by atoms with van der Waals surface area (Å²) >= 11 is 7.79. The lowest BCUT2D eigenvalue weighted by molar-refractivity contribution is 0.229. The van der Waals surface area contributed by atoms with Gasteiger partial charge in [-0.2, -0.15) is 4.98 Å². The maximum Gasteiger partial charge on any atom is 0.227 e. The van der Waals surface area contributed by atoms with Crippen molar-refractivity contribution in [3.8, 4) is 0 Å². The molecule has 0 spiro atoms. The smallest absolute Gasteiger partial charge is 0.227 e. The van der Waals surface area contributed by atoms with Gasteiger partial charge < -0.3 is 10.3 Å². The summed E-state index contributed by atoms with van der Waals surface area (Å²) < 4.78 is 5.27. The van der Waals surface area contributed by atoms with Crippen LogP contribution in [0.1, 0.15) is 31.0 Å². The van der Waals surface area contributed by atoms with Crippen LogP contribution in [0.2, 0.25) is 5.02 Å². The third kappa shape index (κ3) is 2.85. The number of aryl methyl sites for hydroxylation is 1. The highest BCUT2D eigenvalue weighted by Gasteiger charge is 2.38. The molecule has 1 aliphatic rings. The number of thioether (sulfide) groups is 1. The normalized spacial score (nSPS) is 16.9. The molecule has 4 nitrogen and oxygen atoms in total. The minimum atomic E-state index is -0.350. The number of benzene rings is 1. The van der Waals surface area contributed by atoms with Crippen molar-refractivity contribution in [3.63, 3.8) is 0 Å². The molecule has 1 aliphatic carbocycles. The molecular formula is C14H16ClN3OS. The van der Waals surface area contributed by atoms with Gasteiger partial charge in [-0.3, -0.25) is 0 Å². The van der Waals surface area contributed by atoms with Crippen molar-refractivity contribution in [1.29, 1.82) is 0 Å². The number of hydrogen-bond donors (Lipinski definition) is 1. The standard InChI is InChI=1S/C14H16ClN3OS/c15-10-4-1-2-5-11(10)20-9-6-12-17-13(18-19-12)14(16)7-3-8-14/h1-2,4-5H,3,6-9,16H2. The van der Waals surface area contributed by atoms with Gasteiger partial charge in [-0.25, -0.2) is 0 Å². The summed E-state index contributed by atoms with van der Waals surface area (Å²) in [7, 11) is 0. The number of nitrogens with zero attached hydrogens (tertiary/aromatic N) is 2. The van der Waals surface area contributed by atoms with E-state index in [0.717, 1.165) is 41.4 Å². The highest BCUT2D eigenvalue weighted by Crippen LogP contribution is 2.37. The molecule has 1 heterocycles. The molecule has 0 radical (unpaired) electrons. The molecule has 1 aromatic heterocycles. The van der Waals surface area contributed by atoms with E-state index in [-0.39, 0.29) is 5.54 Å². The Morgan fingerprint density at radius 3 is 2.85 bits per heavy atom. The van der Waals surface area contributed by atoms with Crippen molar-refractivity contribution in [3.05, 3.63) is 41.0 Å². The first-order chi connectivity index (χ1) is 9.67. The van der Waals surface area contributed by atoms with Crippen molar-refractivity contribution in [2.24, 2.45) is 5.73 Å². The molecule has 106 valence electrons. The average molecular weight is 310 g/mol. The molecule has 0 bridgehead atoms. The number of aromatic nitrogens is 2. The molecule has 2 N–H and O–H groups in total. The predicted molar refractivity (Wildman–Crippen MR) is 79.9 cm³/mol. The largest absolute Gasteiger partial charge is 0.339 e. The molecule has 0 unspecified atom stereocenters. The first kappa shape index (κ1) is 13.9. The van der Waals surface area contributed by atoms with Crippen LogP contribution in [-0.2, 0) is 12.0 Å². The maximum atomic E-state index is 6.17. The van der Waals surface area contributed by atoms with Gasteiger partial charge >= 0.3 is 0 Å². The van der Waals surface area contributed by atoms with Crippen LogP contribution in [0, 0.1) is 0 Å². The van der Waals surface area contributed by atoms with E-state index in [1.807, 2.05) is 24.3 Å². The van der Waals surface area contributed by atoms with Gasteiger partial charge in [-0.05, 0) is 31.4 Å². The maximum absolute atomic E-state index is 6.17. The van der Waals surface area contributed by atoms with E-state index in [9.17, 15) is 0 Å². The van der Waals surface area contributed by atoms with Gasteiger partial charge in [-0.15, -0.1) is 11.8 Å². The summed E-state index contributed by atoms with van der Waals surface area (Å²) in [4.78, 5) is 5.48. The van der Waals surface area contributed by atoms with Crippen LogP contribution in [-0.4, -0.2) is 15.9 Å². The molecule has 0 atom stereocenters. The second kappa shape index (κ2) is 5.76. The Morgan fingerprint density at radius 2 is 2.15 bits per heavy atom. The van der Waals surface area contributed by atoms with Crippen molar-refractivity contribution >= 4 is 23.4 Å². The topological polar surface area (TPSA) is 64.9 Å². The summed E-state index contributed by atoms with van der Waals surface area (Å²) in [5.41, 5.74) is 5.82. The van der Waals surface area contributed by atoms with Gasteiger partial charge in [-0.1, -0.05) is 28.9 Å². The molecule has 2 aromatic rings. The fourth-order valence-electron chi connectivity index (χ4n) is 2.15. The Morgan fingerprint density at radius 1 is 1.35 bits per heavy atom. The Labute approximate surface area is 127 Å². The lowest BCUT2D eigenvalue weighted by Crippen LogP contribution is -2.44. The van der Waals surface area contributed by atoms with Gasteiger partial charge in [0.1, 0.15) is 0 Å². The third-order valence-corrected chi connectivity index (χ3v) is 5.09. The minimum Gasteiger partial charge on any atom is -0.339 e. The van der Waals surface area contributed by atoms with E-state index in [4.69, 9.17) is 21.9 Å². The zero-order chi connectivity index (χ0) is 14.0. The van der Waals surface area contributed by atoms with E-state index in [1.165, 1.54) is 0 Å². The molecule has 3 rings (SSSR count). The van der Waals surface area contributed by atoms with Crippen molar-refractivity contribution < 1.29 is 4.52 Å². The second-order valence-corrected chi connectivity index (χ2v) is 6.59. The van der Waals surface area contributed by atoms with Gasteiger partial charge in [0.2, 0.25) is 5.89 Å². The van der Waals surface area contributed by atoms with Crippen molar-refractivity contribution in [2.75, 3.05) is 5.75 Å². The number of hydrogen-bond acceptors (Lipinski definition) is 5. The van der Waals surface area contributed by atoms with Crippen LogP contribution in [0.15, 0.2) is 33.7 Å².